The van der Waals surface area contributed by atoms with Crippen LogP contribution < -0.4 is 0 Å². The van der Waals surface area contributed by atoms with Gasteiger partial charge in [0, 0.05) is 16.8 Å². The van der Waals surface area contributed by atoms with E-state index >= 15 is 0 Å². The third-order valence-electron chi connectivity index (χ3n) is 3.95. The Bertz CT molecular complexity index is 633. The second-order valence-electron chi connectivity index (χ2n) is 5.50. The summed E-state index contributed by atoms with van der Waals surface area (Å²) < 4.78 is 6.24. The third kappa shape index (κ3) is 3.59. The minimum absolute atomic E-state index is 0.198. The van der Waals surface area contributed by atoms with Crippen LogP contribution in [-0.4, -0.2) is 15.9 Å². The second-order valence-corrected chi connectivity index (χ2v) is 6.35. The average molecular weight is 349 g/mol. The van der Waals surface area contributed by atoms with Gasteiger partial charge in [0.25, 0.3) is 0 Å². The van der Waals surface area contributed by atoms with Crippen molar-refractivity contribution in [3.8, 4) is 0 Å². The highest BCUT2D eigenvalue weighted by atomic mass is 79.9. The van der Waals surface area contributed by atoms with Gasteiger partial charge >= 0.3 is 0 Å². The minimum Gasteiger partial charge on any atom is -0.339 e. The number of Topliss-reactive ketones (excluding diaryl/α,β-unsaturated/α-hetero) is 1. The molecule has 1 aromatic heterocycles. The number of carbonyl (C=O) groups excluding carboxylic acids is 1. The molecule has 0 unspecified atom stereocenters. The summed E-state index contributed by atoms with van der Waals surface area (Å²) in [6.45, 7) is 0. The number of ketones is 1. The van der Waals surface area contributed by atoms with Gasteiger partial charge in [0.2, 0.25) is 5.89 Å². The number of hydrogen-bond donors (Lipinski definition) is 0. The van der Waals surface area contributed by atoms with E-state index in [1.54, 1.807) is 0 Å². The van der Waals surface area contributed by atoms with Gasteiger partial charge in [-0.25, -0.2) is 0 Å². The summed E-state index contributed by atoms with van der Waals surface area (Å²) >= 11 is 3.51. The van der Waals surface area contributed by atoms with Crippen LogP contribution in [0.4, 0.5) is 0 Å². The van der Waals surface area contributed by atoms with Gasteiger partial charge in [-0.15, -0.1) is 0 Å². The van der Waals surface area contributed by atoms with Crippen LogP contribution in [-0.2, 0) is 17.6 Å². The van der Waals surface area contributed by atoms with Crippen LogP contribution in [0.25, 0.3) is 0 Å². The maximum Gasteiger partial charge on any atom is 0.234 e. The van der Waals surface area contributed by atoms with Crippen LogP contribution in [0.2, 0.25) is 0 Å². The summed E-state index contributed by atoms with van der Waals surface area (Å²) in [5.41, 5.74) is 1.10. The summed E-state index contributed by atoms with van der Waals surface area (Å²) in [5, 5.41) is 3.97. The van der Waals surface area contributed by atoms with Crippen molar-refractivity contribution in [1.82, 2.24) is 10.1 Å². The number of halogens is 1. The Balaban J connectivity index is 1.63. The van der Waals surface area contributed by atoms with Crippen molar-refractivity contribution in [2.45, 2.75) is 38.5 Å². The molecule has 1 fully saturated rings. The van der Waals surface area contributed by atoms with E-state index in [1.165, 1.54) is 0 Å². The summed E-state index contributed by atoms with van der Waals surface area (Å²) in [6, 6.07) is 7.95. The van der Waals surface area contributed by atoms with Gasteiger partial charge in [-0.2, -0.15) is 4.98 Å². The second kappa shape index (κ2) is 6.52. The Morgan fingerprint density at radius 1 is 1.29 bits per heavy atom. The maximum absolute atomic E-state index is 12.1. The first-order valence-corrected chi connectivity index (χ1v) is 8.09. The molecule has 0 aliphatic heterocycles. The molecule has 1 aromatic carbocycles. The Morgan fingerprint density at radius 3 is 2.81 bits per heavy atom. The van der Waals surface area contributed by atoms with E-state index in [2.05, 4.69) is 26.1 Å². The van der Waals surface area contributed by atoms with Gasteiger partial charge in [0.1, 0.15) is 5.78 Å². The van der Waals surface area contributed by atoms with Gasteiger partial charge in [-0.05, 0) is 24.5 Å². The SMILES string of the molecule is O=C(Cc1nc(Cc2ccccc2Br)no1)C1CCCC1. The normalized spacial score (nSPS) is 15.5. The summed E-state index contributed by atoms with van der Waals surface area (Å²) in [6.07, 6.45) is 5.21. The third-order valence-corrected chi connectivity index (χ3v) is 4.73. The number of carbonyl (C=O) groups is 1. The Kier molecular flexibility index (Phi) is 4.48. The van der Waals surface area contributed by atoms with Crippen molar-refractivity contribution in [2.24, 2.45) is 5.92 Å². The van der Waals surface area contributed by atoms with E-state index in [1.807, 2.05) is 24.3 Å². The number of hydrogen-bond acceptors (Lipinski definition) is 4. The molecule has 0 amide bonds. The summed E-state index contributed by atoms with van der Waals surface area (Å²) in [4.78, 5) is 16.4. The Morgan fingerprint density at radius 2 is 2.05 bits per heavy atom. The van der Waals surface area contributed by atoms with Gasteiger partial charge < -0.3 is 4.52 Å². The van der Waals surface area contributed by atoms with Gasteiger partial charge in [-0.3, -0.25) is 4.79 Å². The summed E-state index contributed by atoms with van der Waals surface area (Å²) in [5.74, 6) is 1.50. The van der Waals surface area contributed by atoms with Crippen molar-refractivity contribution < 1.29 is 9.32 Å². The molecule has 1 aliphatic rings. The van der Waals surface area contributed by atoms with Crippen molar-refractivity contribution >= 4 is 21.7 Å². The number of rotatable bonds is 5. The van der Waals surface area contributed by atoms with Crippen molar-refractivity contribution in [1.29, 1.82) is 0 Å². The lowest BCUT2D eigenvalue weighted by Crippen LogP contribution is -2.13. The molecule has 3 rings (SSSR count). The van der Waals surface area contributed by atoms with Gasteiger partial charge in [-0.1, -0.05) is 52.1 Å². The van der Waals surface area contributed by atoms with Crippen molar-refractivity contribution in [3.63, 3.8) is 0 Å². The van der Waals surface area contributed by atoms with E-state index in [-0.39, 0.29) is 18.1 Å². The smallest absolute Gasteiger partial charge is 0.234 e. The van der Waals surface area contributed by atoms with E-state index in [9.17, 15) is 4.79 Å². The molecule has 0 N–H and O–H groups in total. The van der Waals surface area contributed by atoms with Crippen molar-refractivity contribution in [2.75, 3.05) is 0 Å². The molecule has 1 saturated carbocycles. The molecule has 0 bridgehead atoms. The lowest BCUT2D eigenvalue weighted by molar-refractivity contribution is -0.122. The van der Waals surface area contributed by atoms with E-state index in [0.29, 0.717) is 18.1 Å². The van der Waals surface area contributed by atoms with Crippen molar-refractivity contribution in [3.05, 3.63) is 46.0 Å². The molecular weight excluding hydrogens is 332 g/mol. The molecule has 0 radical (unpaired) electrons. The lowest BCUT2D eigenvalue weighted by Gasteiger charge is -2.04. The van der Waals surface area contributed by atoms with Gasteiger partial charge in [0.05, 0.1) is 6.42 Å². The molecule has 0 atom stereocenters. The first-order chi connectivity index (χ1) is 10.2. The minimum atomic E-state index is 0.198. The molecule has 0 saturated heterocycles. The molecule has 110 valence electrons. The first kappa shape index (κ1) is 14.4. The Hall–Kier alpha value is -1.49. The molecule has 1 heterocycles. The number of nitrogens with zero attached hydrogens (tertiary/aromatic N) is 2. The quantitative estimate of drug-likeness (QED) is 0.826. The zero-order valence-corrected chi connectivity index (χ0v) is 13.3. The average Bonchev–Trinajstić information content (AvgIpc) is 3.13. The predicted octanol–water partition coefficient (Wildman–Crippen LogP) is 3.72. The van der Waals surface area contributed by atoms with Crippen LogP contribution in [0.1, 0.15) is 43.0 Å². The van der Waals surface area contributed by atoms with Crippen LogP contribution in [0.15, 0.2) is 33.3 Å². The highest BCUT2D eigenvalue weighted by Crippen LogP contribution is 2.26. The van der Waals surface area contributed by atoms with E-state index in [4.69, 9.17) is 4.52 Å². The summed E-state index contributed by atoms with van der Waals surface area (Å²) in [7, 11) is 0. The molecule has 0 spiro atoms. The predicted molar refractivity (Wildman–Crippen MR) is 81.9 cm³/mol. The molecule has 5 heteroatoms. The highest BCUT2D eigenvalue weighted by Gasteiger charge is 2.24. The highest BCUT2D eigenvalue weighted by molar-refractivity contribution is 9.10. The maximum atomic E-state index is 12.1. The van der Waals surface area contributed by atoms with Crippen LogP contribution in [0, 0.1) is 5.92 Å². The van der Waals surface area contributed by atoms with Crippen LogP contribution >= 0.6 is 15.9 Å². The first-order valence-electron chi connectivity index (χ1n) is 7.30. The molecule has 1 aliphatic carbocycles. The fourth-order valence-electron chi connectivity index (χ4n) is 2.79. The number of benzene rings is 1. The largest absolute Gasteiger partial charge is 0.339 e. The van der Waals surface area contributed by atoms with Crippen LogP contribution in [0.3, 0.4) is 0 Å². The topological polar surface area (TPSA) is 56.0 Å². The molecule has 21 heavy (non-hydrogen) atoms. The molecule has 4 nitrogen and oxygen atoms in total. The van der Waals surface area contributed by atoms with E-state index in [0.717, 1.165) is 35.7 Å². The lowest BCUT2D eigenvalue weighted by atomic mass is 10.0. The van der Waals surface area contributed by atoms with Gasteiger partial charge in [0.15, 0.2) is 5.82 Å². The fourth-order valence-corrected chi connectivity index (χ4v) is 3.21. The molecular formula is C16H17BrN2O2. The monoisotopic (exact) mass is 348 g/mol. The zero-order chi connectivity index (χ0) is 14.7. The Labute approximate surface area is 132 Å². The fraction of sp³-hybridized carbons (Fsp3) is 0.438. The number of aromatic nitrogens is 2. The van der Waals surface area contributed by atoms with E-state index < -0.39 is 0 Å². The van der Waals surface area contributed by atoms with Crippen LogP contribution in [0.5, 0.6) is 0 Å². The standard InChI is InChI=1S/C16H17BrN2O2/c17-13-8-4-3-7-12(13)9-15-18-16(21-19-15)10-14(20)11-5-1-2-6-11/h3-4,7-8,11H,1-2,5-6,9-10H2. The zero-order valence-electron chi connectivity index (χ0n) is 11.7. The molecule has 2 aromatic rings.